The van der Waals surface area contributed by atoms with Gasteiger partial charge in [-0.15, -0.1) is 11.3 Å². The van der Waals surface area contributed by atoms with Gasteiger partial charge >= 0.3 is 0 Å². The largest absolute Gasteiger partial charge is 0.397 e. The van der Waals surface area contributed by atoms with E-state index >= 15 is 0 Å². The van der Waals surface area contributed by atoms with Gasteiger partial charge in [-0.1, -0.05) is 0 Å². The molecule has 5 nitrogen and oxygen atoms in total. The van der Waals surface area contributed by atoms with Crippen molar-refractivity contribution in [3.63, 3.8) is 0 Å². The van der Waals surface area contributed by atoms with Gasteiger partial charge in [0.15, 0.2) is 0 Å². The molecule has 1 saturated heterocycles. The monoisotopic (exact) mass is 241 g/mol. The van der Waals surface area contributed by atoms with Crippen LogP contribution >= 0.6 is 11.3 Å². The second kappa shape index (κ2) is 4.31. The van der Waals surface area contributed by atoms with Crippen LogP contribution in [0.2, 0.25) is 0 Å². The Morgan fingerprint density at radius 2 is 2.38 bits per heavy atom. The van der Waals surface area contributed by atoms with Gasteiger partial charge in [0.05, 0.1) is 16.8 Å². The number of rotatable bonds is 2. The van der Waals surface area contributed by atoms with E-state index in [9.17, 15) is 9.90 Å². The minimum absolute atomic E-state index is 0.297. The van der Waals surface area contributed by atoms with E-state index in [4.69, 9.17) is 11.5 Å². The zero-order valence-corrected chi connectivity index (χ0v) is 9.67. The maximum absolute atomic E-state index is 11.1. The molecule has 0 spiro atoms. The molecule has 0 saturated carbocycles. The van der Waals surface area contributed by atoms with Crippen molar-refractivity contribution >= 4 is 27.9 Å². The van der Waals surface area contributed by atoms with Gasteiger partial charge in [0.2, 0.25) is 0 Å². The van der Waals surface area contributed by atoms with Crippen molar-refractivity contribution < 1.29 is 9.90 Å². The fraction of sp³-hybridized carbons (Fsp3) is 0.500. The van der Waals surface area contributed by atoms with E-state index in [0.29, 0.717) is 17.1 Å². The minimum atomic E-state index is -0.494. The molecule has 88 valence electrons. The molecule has 16 heavy (non-hydrogen) atoms. The molecule has 1 aliphatic heterocycles. The molecule has 0 aliphatic carbocycles. The van der Waals surface area contributed by atoms with Crippen molar-refractivity contribution in [2.75, 3.05) is 23.7 Å². The number of thiophene rings is 1. The van der Waals surface area contributed by atoms with Crippen molar-refractivity contribution in [3.8, 4) is 0 Å². The first-order valence-corrected chi connectivity index (χ1v) is 6.01. The van der Waals surface area contributed by atoms with Gasteiger partial charge < -0.3 is 21.5 Å². The smallest absolute Gasteiger partial charge is 0.260 e. The quantitative estimate of drug-likeness (QED) is 0.698. The Kier molecular flexibility index (Phi) is 3.02. The average molecular weight is 241 g/mol. The fourth-order valence-electron chi connectivity index (χ4n) is 1.89. The summed E-state index contributed by atoms with van der Waals surface area (Å²) in [6.45, 7) is 1.48. The number of amides is 1. The van der Waals surface area contributed by atoms with Gasteiger partial charge in [0, 0.05) is 13.1 Å². The topological polar surface area (TPSA) is 92.6 Å². The van der Waals surface area contributed by atoms with Crippen molar-refractivity contribution in [2.45, 2.75) is 18.9 Å². The lowest BCUT2D eigenvalue weighted by molar-refractivity contribution is 0.100. The van der Waals surface area contributed by atoms with E-state index in [-0.39, 0.29) is 6.10 Å². The Morgan fingerprint density at radius 3 is 2.94 bits per heavy atom. The number of nitrogens with two attached hydrogens (primary N) is 2. The van der Waals surface area contributed by atoms with Crippen LogP contribution in [0.3, 0.4) is 0 Å². The number of aliphatic hydroxyl groups is 1. The number of piperidine rings is 1. The summed E-state index contributed by atoms with van der Waals surface area (Å²) >= 11 is 1.29. The predicted molar refractivity (Wildman–Crippen MR) is 64.7 cm³/mol. The van der Waals surface area contributed by atoms with E-state index in [0.717, 1.165) is 24.4 Å². The van der Waals surface area contributed by atoms with Crippen molar-refractivity contribution in [2.24, 2.45) is 5.73 Å². The average Bonchev–Trinajstić information content (AvgIpc) is 2.60. The van der Waals surface area contributed by atoms with Gasteiger partial charge in [-0.3, -0.25) is 4.79 Å². The Bertz CT molecular complexity index is 405. The molecule has 2 rings (SSSR count). The molecule has 2 heterocycles. The van der Waals surface area contributed by atoms with Crippen LogP contribution in [0.25, 0.3) is 0 Å². The van der Waals surface area contributed by atoms with E-state index in [1.807, 2.05) is 4.90 Å². The number of β-amino-alcohol motifs (C(OH)–C–C–N with tert-alkyl or cyclic N) is 1. The number of hydrogen-bond acceptors (Lipinski definition) is 5. The van der Waals surface area contributed by atoms with E-state index in [1.165, 1.54) is 11.3 Å². The Labute approximate surface area is 97.7 Å². The van der Waals surface area contributed by atoms with Crippen LogP contribution in [0.1, 0.15) is 22.5 Å². The number of nitrogen functional groups attached to an aromatic ring is 1. The van der Waals surface area contributed by atoms with Gasteiger partial charge in [0.25, 0.3) is 5.91 Å². The lowest BCUT2D eigenvalue weighted by atomic mass is 10.1. The number of primary amides is 1. The highest BCUT2D eigenvalue weighted by molar-refractivity contribution is 7.18. The second-order valence-corrected chi connectivity index (χ2v) is 5.01. The number of carbonyl (C=O) groups excluding carboxylic acids is 1. The molecule has 1 aromatic rings. The molecule has 1 atom stereocenters. The van der Waals surface area contributed by atoms with Crippen LogP contribution in [0.5, 0.6) is 0 Å². The summed E-state index contributed by atoms with van der Waals surface area (Å²) in [6, 6.07) is 1.75. The van der Waals surface area contributed by atoms with Crippen LogP contribution < -0.4 is 16.4 Å². The van der Waals surface area contributed by atoms with Crippen molar-refractivity contribution in [3.05, 3.63) is 10.9 Å². The van der Waals surface area contributed by atoms with Crippen LogP contribution in [0.4, 0.5) is 10.7 Å². The van der Waals surface area contributed by atoms with Crippen LogP contribution in [0, 0.1) is 0 Å². The Balaban J connectivity index is 2.20. The first-order chi connectivity index (χ1) is 7.58. The lowest BCUT2D eigenvalue weighted by Gasteiger charge is -2.30. The second-order valence-electron chi connectivity index (χ2n) is 3.98. The number of nitrogens with zero attached hydrogens (tertiary/aromatic N) is 1. The molecule has 6 heteroatoms. The molecule has 1 aliphatic rings. The molecule has 1 fully saturated rings. The van der Waals surface area contributed by atoms with Crippen LogP contribution in [-0.2, 0) is 0 Å². The zero-order chi connectivity index (χ0) is 11.7. The van der Waals surface area contributed by atoms with E-state index < -0.39 is 5.91 Å². The number of carbonyl (C=O) groups is 1. The van der Waals surface area contributed by atoms with Crippen LogP contribution in [-0.4, -0.2) is 30.2 Å². The molecule has 1 amide bonds. The normalized spacial score (nSPS) is 21.1. The van der Waals surface area contributed by atoms with Crippen LogP contribution in [0.15, 0.2) is 6.07 Å². The third-order valence-electron chi connectivity index (χ3n) is 2.68. The first-order valence-electron chi connectivity index (χ1n) is 5.20. The number of hydrogen-bond donors (Lipinski definition) is 3. The maximum Gasteiger partial charge on any atom is 0.260 e. The van der Waals surface area contributed by atoms with Gasteiger partial charge in [-0.25, -0.2) is 0 Å². The Hall–Kier alpha value is -1.27. The highest BCUT2D eigenvalue weighted by Gasteiger charge is 2.21. The molecule has 1 aromatic heterocycles. The van der Waals surface area contributed by atoms with E-state index in [1.54, 1.807) is 6.07 Å². The predicted octanol–water partition coefficient (Wildman–Crippen LogP) is 0.390. The number of aliphatic hydroxyl groups excluding tert-OH is 1. The molecule has 0 aromatic carbocycles. The highest BCUT2D eigenvalue weighted by Crippen LogP contribution is 2.33. The van der Waals surface area contributed by atoms with Crippen molar-refractivity contribution in [1.82, 2.24) is 0 Å². The van der Waals surface area contributed by atoms with Gasteiger partial charge in [0.1, 0.15) is 4.88 Å². The van der Waals surface area contributed by atoms with Gasteiger partial charge in [-0.05, 0) is 18.9 Å². The fourth-order valence-corrected chi connectivity index (χ4v) is 2.86. The van der Waals surface area contributed by atoms with Crippen molar-refractivity contribution in [1.29, 1.82) is 0 Å². The third kappa shape index (κ3) is 2.12. The summed E-state index contributed by atoms with van der Waals surface area (Å²) in [4.78, 5) is 13.5. The Morgan fingerprint density at radius 1 is 1.62 bits per heavy atom. The molecule has 0 radical (unpaired) electrons. The minimum Gasteiger partial charge on any atom is -0.397 e. The summed E-state index contributed by atoms with van der Waals surface area (Å²) in [5, 5.41) is 10.5. The zero-order valence-electron chi connectivity index (χ0n) is 8.85. The molecule has 5 N–H and O–H groups in total. The molecular formula is C10H15N3O2S. The molecule has 1 unspecified atom stereocenters. The molecular weight excluding hydrogens is 226 g/mol. The summed E-state index contributed by atoms with van der Waals surface area (Å²) in [6.07, 6.45) is 1.49. The summed E-state index contributed by atoms with van der Waals surface area (Å²) in [7, 11) is 0. The summed E-state index contributed by atoms with van der Waals surface area (Å²) in [5.41, 5.74) is 11.3. The van der Waals surface area contributed by atoms with Gasteiger partial charge in [-0.2, -0.15) is 0 Å². The van der Waals surface area contributed by atoms with E-state index in [2.05, 4.69) is 0 Å². The highest BCUT2D eigenvalue weighted by atomic mass is 32.1. The summed E-state index contributed by atoms with van der Waals surface area (Å²) < 4.78 is 0. The first kappa shape index (κ1) is 11.2. The molecule has 0 bridgehead atoms. The third-order valence-corrected chi connectivity index (χ3v) is 3.91. The number of anilines is 2. The SMILES string of the molecule is NC(=O)c1sc(N2CCCC(O)C2)cc1N. The standard InChI is InChI=1S/C10H15N3O2S/c11-7-4-8(16-9(7)10(12)15)13-3-1-2-6(14)5-13/h4,6,14H,1-3,5,11H2,(H2,12,15). The maximum atomic E-state index is 11.1. The lowest BCUT2D eigenvalue weighted by Crippen LogP contribution is -2.37. The summed E-state index contributed by atoms with van der Waals surface area (Å²) in [5.74, 6) is -0.494.